The van der Waals surface area contributed by atoms with E-state index >= 15 is 0 Å². The second-order valence-electron chi connectivity index (χ2n) is 3.80. The van der Waals surface area contributed by atoms with E-state index in [1.54, 1.807) is 24.3 Å². The normalized spacial score (nSPS) is 10.2. The molecule has 0 aliphatic rings. The maximum absolute atomic E-state index is 12.0. The zero-order chi connectivity index (χ0) is 14.5. The van der Waals surface area contributed by atoms with Crippen LogP contribution in [-0.4, -0.2) is 21.4 Å². The number of aromatic nitrogens is 1. The fraction of sp³-hybridized carbons (Fsp3) is 0.0769. The molecule has 20 heavy (non-hydrogen) atoms. The molecule has 0 spiro atoms. The SMILES string of the molecule is O=C(CSc1ncccc1[N+](=O)[O-])c1ccc(Br)cc1. The Labute approximate surface area is 127 Å². The van der Waals surface area contributed by atoms with E-state index in [0.29, 0.717) is 5.56 Å². The van der Waals surface area contributed by atoms with Crippen molar-refractivity contribution in [2.24, 2.45) is 0 Å². The molecule has 0 aliphatic heterocycles. The fourth-order valence-electron chi connectivity index (χ4n) is 1.49. The third kappa shape index (κ3) is 3.64. The third-order valence-electron chi connectivity index (χ3n) is 2.45. The molecule has 0 bridgehead atoms. The molecule has 2 rings (SSSR count). The highest BCUT2D eigenvalue weighted by molar-refractivity contribution is 9.10. The number of nitrogens with zero attached hydrogens (tertiary/aromatic N) is 2. The number of Topliss-reactive ketones (excluding diaryl/α,β-unsaturated/α-hetero) is 1. The molecule has 0 saturated heterocycles. The van der Waals surface area contributed by atoms with E-state index in [2.05, 4.69) is 20.9 Å². The van der Waals surface area contributed by atoms with Crippen molar-refractivity contribution in [2.45, 2.75) is 5.03 Å². The number of hydrogen-bond acceptors (Lipinski definition) is 5. The first-order valence-electron chi connectivity index (χ1n) is 5.59. The third-order valence-corrected chi connectivity index (χ3v) is 3.98. The van der Waals surface area contributed by atoms with Crippen LogP contribution >= 0.6 is 27.7 Å². The molecule has 0 amide bonds. The highest BCUT2D eigenvalue weighted by Crippen LogP contribution is 2.26. The van der Waals surface area contributed by atoms with Gasteiger partial charge in [-0.1, -0.05) is 39.8 Å². The second kappa shape index (κ2) is 6.62. The van der Waals surface area contributed by atoms with Crippen molar-refractivity contribution in [1.29, 1.82) is 0 Å². The van der Waals surface area contributed by atoms with Gasteiger partial charge in [0.15, 0.2) is 10.8 Å². The minimum absolute atomic E-state index is 0.0823. The number of carbonyl (C=O) groups is 1. The van der Waals surface area contributed by atoms with Crippen LogP contribution in [0.4, 0.5) is 5.69 Å². The van der Waals surface area contributed by atoms with Crippen LogP contribution in [-0.2, 0) is 0 Å². The molecule has 1 aromatic carbocycles. The van der Waals surface area contributed by atoms with Crippen LogP contribution in [0.25, 0.3) is 0 Å². The molecule has 0 radical (unpaired) electrons. The van der Waals surface area contributed by atoms with Crippen molar-refractivity contribution in [3.63, 3.8) is 0 Å². The van der Waals surface area contributed by atoms with E-state index in [1.807, 2.05) is 0 Å². The van der Waals surface area contributed by atoms with E-state index in [1.165, 1.54) is 18.3 Å². The molecule has 0 aliphatic carbocycles. The minimum atomic E-state index is -0.501. The summed E-state index contributed by atoms with van der Waals surface area (Å²) in [5.41, 5.74) is 0.486. The number of carbonyl (C=O) groups excluding carboxylic acids is 1. The van der Waals surface area contributed by atoms with Gasteiger partial charge in [0.1, 0.15) is 0 Å². The van der Waals surface area contributed by atoms with Crippen LogP contribution < -0.4 is 0 Å². The smallest absolute Gasteiger partial charge is 0.293 e. The Hall–Kier alpha value is -1.73. The molecule has 2 aromatic rings. The highest BCUT2D eigenvalue weighted by atomic mass is 79.9. The zero-order valence-electron chi connectivity index (χ0n) is 10.2. The summed E-state index contributed by atoms with van der Waals surface area (Å²) in [5.74, 6) is 0.0156. The molecule has 102 valence electrons. The number of pyridine rings is 1. The lowest BCUT2D eigenvalue weighted by Crippen LogP contribution is -2.03. The van der Waals surface area contributed by atoms with Crippen molar-refractivity contribution in [3.8, 4) is 0 Å². The molecule has 1 heterocycles. The monoisotopic (exact) mass is 352 g/mol. The van der Waals surface area contributed by atoms with Crippen LogP contribution in [0.1, 0.15) is 10.4 Å². The summed E-state index contributed by atoms with van der Waals surface area (Å²) < 4.78 is 0.891. The molecule has 0 saturated carbocycles. The van der Waals surface area contributed by atoms with Gasteiger partial charge in [0.25, 0.3) is 0 Å². The lowest BCUT2D eigenvalue weighted by Gasteiger charge is -2.02. The summed E-state index contributed by atoms with van der Waals surface area (Å²) in [4.78, 5) is 26.3. The highest BCUT2D eigenvalue weighted by Gasteiger charge is 2.16. The first-order valence-corrected chi connectivity index (χ1v) is 7.37. The van der Waals surface area contributed by atoms with E-state index < -0.39 is 4.92 Å². The first kappa shape index (κ1) is 14.7. The van der Waals surface area contributed by atoms with Gasteiger partial charge in [0, 0.05) is 22.3 Å². The number of rotatable bonds is 5. The van der Waals surface area contributed by atoms with Crippen molar-refractivity contribution < 1.29 is 9.72 Å². The Kier molecular flexibility index (Phi) is 4.86. The van der Waals surface area contributed by atoms with Crippen LogP contribution in [0.15, 0.2) is 52.1 Å². The molecule has 5 nitrogen and oxygen atoms in total. The largest absolute Gasteiger partial charge is 0.301 e. The Morgan fingerprint density at radius 2 is 2.00 bits per heavy atom. The summed E-state index contributed by atoms with van der Waals surface area (Å²) in [5, 5.41) is 11.1. The van der Waals surface area contributed by atoms with Gasteiger partial charge in [-0.15, -0.1) is 0 Å². The van der Waals surface area contributed by atoms with Gasteiger partial charge in [0.2, 0.25) is 0 Å². The first-order chi connectivity index (χ1) is 9.58. The number of hydrogen-bond donors (Lipinski definition) is 0. The zero-order valence-corrected chi connectivity index (χ0v) is 12.6. The quantitative estimate of drug-likeness (QED) is 0.354. The summed E-state index contributed by atoms with van der Waals surface area (Å²) in [6.07, 6.45) is 1.47. The second-order valence-corrected chi connectivity index (χ2v) is 5.68. The van der Waals surface area contributed by atoms with E-state index in [-0.39, 0.29) is 22.2 Å². The molecular formula is C13H9BrN2O3S. The van der Waals surface area contributed by atoms with Crippen molar-refractivity contribution >= 4 is 39.2 Å². The summed E-state index contributed by atoms with van der Waals surface area (Å²) in [6.45, 7) is 0. The van der Waals surface area contributed by atoms with Crippen LogP contribution in [0.2, 0.25) is 0 Å². The topological polar surface area (TPSA) is 73.1 Å². The predicted octanol–water partition coefficient (Wildman–Crippen LogP) is 3.73. The van der Waals surface area contributed by atoms with E-state index in [4.69, 9.17) is 0 Å². The Morgan fingerprint density at radius 3 is 2.65 bits per heavy atom. The number of benzene rings is 1. The van der Waals surface area contributed by atoms with Crippen molar-refractivity contribution in [3.05, 3.63) is 62.7 Å². The predicted molar refractivity (Wildman–Crippen MR) is 80.1 cm³/mol. The van der Waals surface area contributed by atoms with Crippen molar-refractivity contribution in [1.82, 2.24) is 4.98 Å². The lowest BCUT2D eigenvalue weighted by atomic mass is 10.2. The number of ketones is 1. The van der Waals surface area contributed by atoms with Gasteiger partial charge in [-0.25, -0.2) is 4.98 Å². The van der Waals surface area contributed by atoms with Gasteiger partial charge in [-0.3, -0.25) is 14.9 Å². The summed E-state index contributed by atoms with van der Waals surface area (Å²) in [7, 11) is 0. The van der Waals surface area contributed by atoms with E-state index in [0.717, 1.165) is 16.2 Å². The van der Waals surface area contributed by atoms with Gasteiger partial charge in [0.05, 0.1) is 10.7 Å². The number of nitro groups is 1. The maximum Gasteiger partial charge on any atom is 0.301 e. The molecule has 0 unspecified atom stereocenters. The van der Waals surface area contributed by atoms with Crippen LogP contribution in [0.5, 0.6) is 0 Å². The standard InChI is InChI=1S/C13H9BrN2O3S/c14-10-5-3-9(4-6-10)12(17)8-20-13-11(16(18)19)2-1-7-15-13/h1-7H,8H2. The Morgan fingerprint density at radius 1 is 1.30 bits per heavy atom. The molecule has 1 aromatic heterocycles. The summed E-state index contributed by atoms with van der Waals surface area (Å²) >= 11 is 4.36. The van der Waals surface area contributed by atoms with Crippen LogP contribution in [0.3, 0.4) is 0 Å². The Balaban J connectivity index is 2.07. The minimum Gasteiger partial charge on any atom is -0.293 e. The average molecular weight is 353 g/mol. The fourth-order valence-corrected chi connectivity index (χ4v) is 2.61. The molecular weight excluding hydrogens is 344 g/mol. The van der Waals surface area contributed by atoms with Gasteiger partial charge in [-0.05, 0) is 18.2 Å². The van der Waals surface area contributed by atoms with Crippen LogP contribution in [0, 0.1) is 10.1 Å². The van der Waals surface area contributed by atoms with Gasteiger partial charge >= 0.3 is 5.69 Å². The average Bonchev–Trinajstić information content (AvgIpc) is 2.45. The van der Waals surface area contributed by atoms with Crippen molar-refractivity contribution in [2.75, 3.05) is 5.75 Å². The maximum atomic E-state index is 12.0. The molecule has 0 atom stereocenters. The number of thioether (sulfide) groups is 1. The molecule has 0 fully saturated rings. The summed E-state index contributed by atoms with van der Waals surface area (Å²) in [6, 6.07) is 9.85. The van der Waals surface area contributed by atoms with E-state index in [9.17, 15) is 14.9 Å². The van der Waals surface area contributed by atoms with Gasteiger partial charge < -0.3 is 0 Å². The number of halogens is 1. The molecule has 7 heteroatoms. The Bertz CT molecular complexity index is 646. The van der Waals surface area contributed by atoms with Gasteiger partial charge in [-0.2, -0.15) is 0 Å². The lowest BCUT2D eigenvalue weighted by molar-refractivity contribution is -0.388. The molecule has 0 N–H and O–H groups in total.